The van der Waals surface area contributed by atoms with Crippen LogP contribution in [-0.4, -0.2) is 47.4 Å². The van der Waals surface area contributed by atoms with Gasteiger partial charge in [-0.25, -0.2) is 4.79 Å². The fraction of sp³-hybridized carbons (Fsp3) is 0.933. The van der Waals surface area contributed by atoms with Gasteiger partial charge in [-0.2, -0.15) is 13.2 Å². The minimum absolute atomic E-state index is 0.0672. The molecule has 1 aliphatic rings. The van der Waals surface area contributed by atoms with Gasteiger partial charge in [-0.05, 0) is 32.1 Å². The lowest BCUT2D eigenvalue weighted by atomic mass is 9.91. The van der Waals surface area contributed by atoms with E-state index in [9.17, 15) is 23.1 Å². The van der Waals surface area contributed by atoms with E-state index in [1.165, 1.54) is 4.90 Å². The van der Waals surface area contributed by atoms with E-state index < -0.39 is 18.2 Å². The molecule has 0 aromatic carbocycles. The molecule has 0 aliphatic carbocycles. The predicted molar refractivity (Wildman–Crippen MR) is 78.5 cm³/mol. The zero-order valence-electron chi connectivity index (χ0n) is 13.3. The molecule has 22 heavy (non-hydrogen) atoms. The van der Waals surface area contributed by atoms with E-state index in [2.05, 4.69) is 12.2 Å². The number of aliphatic hydroxyl groups is 1. The van der Waals surface area contributed by atoms with Crippen LogP contribution in [0.25, 0.3) is 0 Å². The molecule has 0 saturated carbocycles. The Morgan fingerprint density at radius 1 is 1.32 bits per heavy atom. The van der Waals surface area contributed by atoms with Crippen molar-refractivity contribution in [1.29, 1.82) is 0 Å². The number of halogens is 3. The number of urea groups is 1. The molecule has 1 aliphatic heterocycles. The Morgan fingerprint density at radius 3 is 2.41 bits per heavy atom. The van der Waals surface area contributed by atoms with Gasteiger partial charge in [0.2, 0.25) is 0 Å². The molecule has 130 valence electrons. The molecule has 2 N–H and O–H groups in total. The summed E-state index contributed by atoms with van der Waals surface area (Å²) in [6, 6.07) is -0.151. The second kappa shape index (κ2) is 8.60. The zero-order valence-corrected chi connectivity index (χ0v) is 13.3. The van der Waals surface area contributed by atoms with Crippen LogP contribution >= 0.6 is 0 Å². The van der Waals surface area contributed by atoms with Crippen molar-refractivity contribution in [3.63, 3.8) is 0 Å². The maximum absolute atomic E-state index is 12.5. The van der Waals surface area contributed by atoms with E-state index in [1.807, 2.05) is 6.92 Å². The van der Waals surface area contributed by atoms with Gasteiger partial charge in [0, 0.05) is 19.1 Å². The first-order valence-electron chi connectivity index (χ1n) is 8.06. The Hall–Kier alpha value is -0.980. The number of piperidine rings is 1. The van der Waals surface area contributed by atoms with E-state index in [-0.39, 0.29) is 38.0 Å². The molecule has 1 rings (SSSR count). The van der Waals surface area contributed by atoms with Crippen LogP contribution in [0.15, 0.2) is 0 Å². The van der Waals surface area contributed by atoms with Gasteiger partial charge in [-0.3, -0.25) is 0 Å². The number of carbonyl (C=O) groups is 1. The number of alkyl halides is 3. The van der Waals surface area contributed by atoms with Gasteiger partial charge < -0.3 is 15.3 Å². The lowest BCUT2D eigenvalue weighted by molar-refractivity contribution is -0.222. The van der Waals surface area contributed by atoms with Crippen molar-refractivity contribution in [2.45, 2.75) is 70.7 Å². The first kappa shape index (κ1) is 19.1. The third-order valence-corrected chi connectivity index (χ3v) is 4.22. The quantitative estimate of drug-likeness (QED) is 0.737. The average molecular weight is 324 g/mol. The monoisotopic (exact) mass is 324 g/mol. The SMILES string of the molecule is CCCCCC(C)NC(=O)N1CCC(C(O)C(F)(F)F)CC1. The summed E-state index contributed by atoms with van der Waals surface area (Å²) in [7, 11) is 0. The lowest BCUT2D eigenvalue weighted by Gasteiger charge is -2.35. The summed E-state index contributed by atoms with van der Waals surface area (Å²) in [5.74, 6) is -0.814. The third kappa shape index (κ3) is 6.02. The molecule has 0 spiro atoms. The summed E-state index contributed by atoms with van der Waals surface area (Å²) in [5, 5.41) is 12.1. The first-order valence-corrected chi connectivity index (χ1v) is 8.06. The van der Waals surface area contributed by atoms with Crippen molar-refractivity contribution in [3.8, 4) is 0 Å². The van der Waals surface area contributed by atoms with Gasteiger partial charge in [0.05, 0.1) is 0 Å². The van der Waals surface area contributed by atoms with Gasteiger partial charge in [-0.15, -0.1) is 0 Å². The second-order valence-electron chi connectivity index (χ2n) is 6.16. The number of nitrogens with zero attached hydrogens (tertiary/aromatic N) is 1. The minimum Gasteiger partial charge on any atom is -0.383 e. The topological polar surface area (TPSA) is 52.6 Å². The van der Waals surface area contributed by atoms with Crippen molar-refractivity contribution in [1.82, 2.24) is 10.2 Å². The third-order valence-electron chi connectivity index (χ3n) is 4.22. The molecular formula is C15H27F3N2O2. The summed E-state index contributed by atoms with van der Waals surface area (Å²) in [5.41, 5.74) is 0. The molecule has 1 saturated heterocycles. The summed E-state index contributed by atoms with van der Waals surface area (Å²) in [6.07, 6.45) is -2.30. The number of aliphatic hydroxyl groups excluding tert-OH is 1. The fourth-order valence-corrected chi connectivity index (χ4v) is 2.76. The van der Waals surface area contributed by atoms with E-state index in [0.717, 1.165) is 25.7 Å². The largest absolute Gasteiger partial charge is 0.414 e. The molecule has 4 nitrogen and oxygen atoms in total. The standard InChI is InChI=1S/C15H27F3N2O2/c1-3-4-5-6-11(2)19-14(22)20-9-7-12(8-10-20)13(21)15(16,17)18/h11-13,21H,3-10H2,1-2H3,(H,19,22). The Bertz CT molecular complexity index is 342. The number of likely N-dealkylation sites (tertiary alicyclic amines) is 1. The molecule has 2 amide bonds. The smallest absolute Gasteiger partial charge is 0.383 e. The minimum atomic E-state index is -4.58. The second-order valence-corrected chi connectivity index (χ2v) is 6.16. The van der Waals surface area contributed by atoms with Gasteiger partial charge in [0.1, 0.15) is 0 Å². The maximum Gasteiger partial charge on any atom is 0.414 e. The van der Waals surface area contributed by atoms with Gasteiger partial charge in [0.15, 0.2) is 6.10 Å². The summed E-state index contributed by atoms with van der Waals surface area (Å²) >= 11 is 0. The predicted octanol–water partition coefficient (Wildman–Crippen LogP) is 3.30. The highest BCUT2D eigenvalue weighted by molar-refractivity contribution is 5.74. The number of unbranched alkanes of at least 4 members (excludes halogenated alkanes) is 2. The highest BCUT2D eigenvalue weighted by Crippen LogP contribution is 2.31. The van der Waals surface area contributed by atoms with E-state index in [1.54, 1.807) is 0 Å². The molecule has 7 heteroatoms. The van der Waals surface area contributed by atoms with Crippen LogP contribution in [0.4, 0.5) is 18.0 Å². The van der Waals surface area contributed by atoms with Gasteiger partial charge >= 0.3 is 12.2 Å². The highest BCUT2D eigenvalue weighted by atomic mass is 19.4. The highest BCUT2D eigenvalue weighted by Gasteiger charge is 2.44. The van der Waals surface area contributed by atoms with Crippen LogP contribution in [0.3, 0.4) is 0 Å². The van der Waals surface area contributed by atoms with Gasteiger partial charge in [-0.1, -0.05) is 26.2 Å². The van der Waals surface area contributed by atoms with Crippen molar-refractivity contribution in [2.75, 3.05) is 13.1 Å². The Balaban J connectivity index is 2.33. The summed E-state index contributed by atoms with van der Waals surface area (Å²) < 4.78 is 37.4. The molecule has 0 aromatic rings. The van der Waals surface area contributed by atoms with E-state index in [4.69, 9.17) is 0 Å². The molecule has 1 heterocycles. The zero-order chi connectivity index (χ0) is 16.8. The molecular weight excluding hydrogens is 297 g/mol. The molecule has 0 aromatic heterocycles. The molecule has 0 bridgehead atoms. The van der Waals surface area contributed by atoms with Crippen molar-refractivity contribution < 1.29 is 23.1 Å². The van der Waals surface area contributed by atoms with Crippen molar-refractivity contribution >= 4 is 6.03 Å². The normalized spacial score (nSPS) is 19.8. The Morgan fingerprint density at radius 2 is 1.91 bits per heavy atom. The average Bonchev–Trinajstić information content (AvgIpc) is 2.46. The first-order chi connectivity index (χ1) is 10.3. The van der Waals surface area contributed by atoms with Crippen LogP contribution in [0.1, 0.15) is 52.4 Å². The number of amides is 2. The van der Waals surface area contributed by atoms with Crippen molar-refractivity contribution in [2.24, 2.45) is 5.92 Å². The molecule has 0 radical (unpaired) electrons. The number of nitrogens with one attached hydrogen (secondary N) is 1. The number of carbonyl (C=O) groups excluding carboxylic acids is 1. The lowest BCUT2D eigenvalue weighted by Crippen LogP contribution is -2.49. The van der Waals surface area contributed by atoms with Crippen molar-refractivity contribution in [3.05, 3.63) is 0 Å². The Kier molecular flexibility index (Phi) is 7.45. The number of rotatable bonds is 6. The van der Waals surface area contributed by atoms with Gasteiger partial charge in [0.25, 0.3) is 0 Å². The molecule has 2 atom stereocenters. The number of hydrogen-bond acceptors (Lipinski definition) is 2. The van der Waals surface area contributed by atoms with Crippen LogP contribution < -0.4 is 5.32 Å². The maximum atomic E-state index is 12.5. The Labute approximate surface area is 130 Å². The number of hydrogen-bond donors (Lipinski definition) is 2. The van der Waals surface area contributed by atoms with E-state index >= 15 is 0 Å². The van der Waals surface area contributed by atoms with Crippen LogP contribution in [-0.2, 0) is 0 Å². The van der Waals surface area contributed by atoms with Crippen LogP contribution in [0.5, 0.6) is 0 Å². The molecule has 1 fully saturated rings. The van der Waals surface area contributed by atoms with E-state index in [0.29, 0.717) is 0 Å². The molecule has 2 unspecified atom stereocenters. The van der Waals surface area contributed by atoms with Crippen LogP contribution in [0.2, 0.25) is 0 Å². The summed E-state index contributed by atoms with van der Waals surface area (Å²) in [6.45, 7) is 4.56. The fourth-order valence-electron chi connectivity index (χ4n) is 2.76. The summed E-state index contributed by atoms with van der Waals surface area (Å²) in [4.78, 5) is 13.6. The van der Waals surface area contributed by atoms with Crippen LogP contribution in [0, 0.1) is 5.92 Å².